The summed E-state index contributed by atoms with van der Waals surface area (Å²) < 4.78 is 5.06. The third-order valence-electron chi connectivity index (χ3n) is 2.30. The summed E-state index contributed by atoms with van der Waals surface area (Å²) in [5.74, 6) is 0.626. The molecule has 0 amide bonds. The summed E-state index contributed by atoms with van der Waals surface area (Å²) in [5.41, 5.74) is 0. The molecule has 0 atom stereocenters. The van der Waals surface area contributed by atoms with Gasteiger partial charge in [-0.15, -0.1) is 0 Å². The van der Waals surface area contributed by atoms with Gasteiger partial charge in [0.1, 0.15) is 0 Å². The molecule has 90 valence electrons. The Hall–Kier alpha value is -1.39. The molecule has 0 saturated heterocycles. The molecule has 1 aromatic rings. The Balaban J connectivity index is 2.21. The van der Waals surface area contributed by atoms with Crippen molar-refractivity contribution in [2.24, 2.45) is 0 Å². The number of carbonyl (C=O) groups is 1. The zero-order chi connectivity index (χ0) is 11.8. The smallest absolute Gasteiger partial charge is 0.303 e. The van der Waals surface area contributed by atoms with Crippen LogP contribution in [0.25, 0.3) is 0 Å². The number of aryl methyl sites for hydroxylation is 2. The van der Waals surface area contributed by atoms with E-state index in [9.17, 15) is 4.79 Å². The summed E-state index contributed by atoms with van der Waals surface area (Å²) in [6.45, 7) is 2.12. The zero-order valence-electron chi connectivity index (χ0n) is 9.61. The van der Waals surface area contributed by atoms with Gasteiger partial charge in [0.05, 0.1) is 0 Å². The standard InChI is InChI=1S/C11H18N2O3/c1-2-3-6-9-12-10(16-13-9)7-4-5-8-11(14)15/h2-8H2,1H3,(H,14,15). The van der Waals surface area contributed by atoms with Crippen molar-refractivity contribution in [3.05, 3.63) is 11.7 Å². The highest BCUT2D eigenvalue weighted by atomic mass is 16.5. The molecule has 1 aromatic heterocycles. The average Bonchev–Trinajstić information content (AvgIpc) is 2.69. The highest BCUT2D eigenvalue weighted by molar-refractivity contribution is 5.66. The van der Waals surface area contributed by atoms with Gasteiger partial charge >= 0.3 is 5.97 Å². The van der Waals surface area contributed by atoms with Crippen LogP contribution in [0.1, 0.15) is 50.7 Å². The Kier molecular flexibility index (Phi) is 5.53. The van der Waals surface area contributed by atoms with Crippen molar-refractivity contribution in [2.75, 3.05) is 0 Å². The Bertz CT molecular complexity index is 323. The van der Waals surface area contributed by atoms with Crippen molar-refractivity contribution in [3.63, 3.8) is 0 Å². The molecule has 1 rings (SSSR count). The lowest BCUT2D eigenvalue weighted by Gasteiger charge is -1.93. The van der Waals surface area contributed by atoms with Crippen molar-refractivity contribution >= 4 is 5.97 Å². The Morgan fingerprint density at radius 3 is 2.81 bits per heavy atom. The number of aliphatic carboxylic acids is 1. The van der Waals surface area contributed by atoms with Gasteiger partial charge in [0.25, 0.3) is 0 Å². The molecule has 0 aliphatic carbocycles. The second-order valence-electron chi connectivity index (χ2n) is 3.81. The van der Waals surface area contributed by atoms with E-state index in [1.54, 1.807) is 0 Å². The average molecular weight is 226 g/mol. The van der Waals surface area contributed by atoms with Crippen LogP contribution in [-0.2, 0) is 17.6 Å². The molecule has 0 spiro atoms. The second kappa shape index (κ2) is 6.98. The van der Waals surface area contributed by atoms with E-state index in [4.69, 9.17) is 9.63 Å². The fraction of sp³-hybridized carbons (Fsp3) is 0.727. The van der Waals surface area contributed by atoms with E-state index in [1.807, 2.05) is 0 Å². The predicted octanol–water partition coefficient (Wildman–Crippen LogP) is 2.21. The number of hydrogen-bond donors (Lipinski definition) is 1. The summed E-state index contributed by atoms with van der Waals surface area (Å²) in [7, 11) is 0. The Labute approximate surface area is 94.9 Å². The molecule has 5 heteroatoms. The van der Waals surface area contributed by atoms with Gasteiger partial charge in [0.2, 0.25) is 5.89 Å². The third-order valence-corrected chi connectivity index (χ3v) is 2.30. The van der Waals surface area contributed by atoms with Crippen molar-refractivity contribution in [1.29, 1.82) is 0 Å². The predicted molar refractivity (Wildman–Crippen MR) is 58.1 cm³/mol. The fourth-order valence-electron chi connectivity index (χ4n) is 1.38. The molecule has 0 aliphatic heterocycles. The molecular weight excluding hydrogens is 208 g/mol. The van der Waals surface area contributed by atoms with Crippen molar-refractivity contribution in [2.45, 2.75) is 51.9 Å². The minimum Gasteiger partial charge on any atom is -0.481 e. The quantitative estimate of drug-likeness (QED) is 0.688. The van der Waals surface area contributed by atoms with Gasteiger partial charge in [-0.25, -0.2) is 0 Å². The number of carboxylic acids is 1. The lowest BCUT2D eigenvalue weighted by molar-refractivity contribution is -0.137. The molecule has 0 unspecified atom stereocenters. The molecule has 5 nitrogen and oxygen atoms in total. The fourth-order valence-corrected chi connectivity index (χ4v) is 1.38. The first kappa shape index (κ1) is 12.7. The van der Waals surface area contributed by atoms with Crippen molar-refractivity contribution in [1.82, 2.24) is 10.1 Å². The molecule has 1 heterocycles. The molecular formula is C11H18N2O3. The molecule has 0 fully saturated rings. The maximum atomic E-state index is 10.3. The van der Waals surface area contributed by atoms with E-state index in [1.165, 1.54) is 0 Å². The molecule has 0 radical (unpaired) electrons. The van der Waals surface area contributed by atoms with Crippen LogP contribution in [0.4, 0.5) is 0 Å². The molecule has 0 saturated carbocycles. The first-order valence-corrected chi connectivity index (χ1v) is 5.75. The summed E-state index contributed by atoms with van der Waals surface area (Å²) in [6.07, 6.45) is 5.35. The minimum absolute atomic E-state index is 0.205. The van der Waals surface area contributed by atoms with Crippen LogP contribution in [0.2, 0.25) is 0 Å². The summed E-state index contributed by atoms with van der Waals surface area (Å²) >= 11 is 0. The molecule has 0 aromatic carbocycles. The van der Waals surface area contributed by atoms with E-state index in [-0.39, 0.29) is 6.42 Å². The van der Waals surface area contributed by atoms with Crippen molar-refractivity contribution < 1.29 is 14.4 Å². The second-order valence-corrected chi connectivity index (χ2v) is 3.81. The summed E-state index contributed by atoms with van der Waals surface area (Å²) in [4.78, 5) is 14.5. The van der Waals surface area contributed by atoms with Crippen LogP contribution >= 0.6 is 0 Å². The van der Waals surface area contributed by atoms with Gasteiger partial charge in [-0.05, 0) is 19.3 Å². The molecule has 16 heavy (non-hydrogen) atoms. The maximum absolute atomic E-state index is 10.3. The third kappa shape index (κ3) is 4.91. The topological polar surface area (TPSA) is 76.2 Å². The van der Waals surface area contributed by atoms with Gasteiger partial charge in [-0.1, -0.05) is 18.5 Å². The maximum Gasteiger partial charge on any atom is 0.303 e. The summed E-state index contributed by atoms with van der Waals surface area (Å²) in [5, 5.41) is 12.3. The van der Waals surface area contributed by atoms with E-state index in [0.717, 1.165) is 31.5 Å². The summed E-state index contributed by atoms with van der Waals surface area (Å²) in [6, 6.07) is 0. The van der Waals surface area contributed by atoms with Gasteiger partial charge in [0, 0.05) is 19.3 Å². The first-order chi connectivity index (χ1) is 7.72. The van der Waals surface area contributed by atoms with Crippen LogP contribution in [0, 0.1) is 0 Å². The number of hydrogen-bond acceptors (Lipinski definition) is 4. The van der Waals surface area contributed by atoms with Crippen LogP contribution in [-0.4, -0.2) is 21.2 Å². The minimum atomic E-state index is -0.755. The van der Waals surface area contributed by atoms with Gasteiger partial charge in [-0.3, -0.25) is 4.79 Å². The largest absolute Gasteiger partial charge is 0.481 e. The number of carboxylic acid groups (broad SMARTS) is 1. The normalized spacial score (nSPS) is 10.6. The number of nitrogens with zero attached hydrogens (tertiary/aromatic N) is 2. The van der Waals surface area contributed by atoms with E-state index in [0.29, 0.717) is 18.7 Å². The number of rotatable bonds is 8. The van der Waals surface area contributed by atoms with Crippen molar-refractivity contribution in [3.8, 4) is 0 Å². The Morgan fingerprint density at radius 1 is 1.31 bits per heavy atom. The van der Waals surface area contributed by atoms with Crippen LogP contribution in [0.5, 0.6) is 0 Å². The van der Waals surface area contributed by atoms with Gasteiger partial charge in [0.15, 0.2) is 5.82 Å². The highest BCUT2D eigenvalue weighted by Crippen LogP contribution is 2.06. The number of unbranched alkanes of at least 4 members (excludes halogenated alkanes) is 2. The monoisotopic (exact) mass is 226 g/mol. The molecule has 1 N–H and O–H groups in total. The van der Waals surface area contributed by atoms with Crippen LogP contribution in [0.3, 0.4) is 0 Å². The van der Waals surface area contributed by atoms with E-state index >= 15 is 0 Å². The first-order valence-electron chi connectivity index (χ1n) is 5.75. The van der Waals surface area contributed by atoms with E-state index in [2.05, 4.69) is 17.1 Å². The SMILES string of the molecule is CCCCc1noc(CCCCC(=O)O)n1. The number of aromatic nitrogens is 2. The molecule has 0 bridgehead atoms. The zero-order valence-corrected chi connectivity index (χ0v) is 9.61. The van der Waals surface area contributed by atoms with E-state index < -0.39 is 5.97 Å². The Morgan fingerprint density at radius 2 is 2.12 bits per heavy atom. The lowest BCUT2D eigenvalue weighted by atomic mass is 10.2. The van der Waals surface area contributed by atoms with Gasteiger partial charge < -0.3 is 9.63 Å². The highest BCUT2D eigenvalue weighted by Gasteiger charge is 2.05. The molecule has 0 aliphatic rings. The van der Waals surface area contributed by atoms with Crippen LogP contribution in [0.15, 0.2) is 4.52 Å². The lowest BCUT2D eigenvalue weighted by Crippen LogP contribution is -1.95. The van der Waals surface area contributed by atoms with Crippen LogP contribution < -0.4 is 0 Å². The van der Waals surface area contributed by atoms with Gasteiger partial charge in [-0.2, -0.15) is 4.98 Å².